The Morgan fingerprint density at radius 2 is 2.10 bits per heavy atom. The molecule has 0 saturated carbocycles. The Morgan fingerprint density at radius 1 is 1.33 bits per heavy atom. The summed E-state index contributed by atoms with van der Waals surface area (Å²) in [5, 5.41) is 5.82. The largest absolute Gasteiger partial charge is 0.453 e. The van der Waals surface area contributed by atoms with Gasteiger partial charge in [-0.3, -0.25) is 9.48 Å². The number of aromatic nitrogens is 2. The lowest BCUT2D eigenvalue weighted by Gasteiger charge is -2.00. The number of benzene rings is 1. The summed E-state index contributed by atoms with van der Waals surface area (Å²) in [7, 11) is 0. The molecule has 1 aromatic carbocycles. The summed E-state index contributed by atoms with van der Waals surface area (Å²) in [5.74, 6) is 0.172. The summed E-state index contributed by atoms with van der Waals surface area (Å²) < 4.78 is 7.47. The van der Waals surface area contributed by atoms with Crippen molar-refractivity contribution in [2.45, 2.75) is 27.3 Å². The lowest BCUT2D eigenvalue weighted by molar-refractivity contribution is 0.101. The Labute approximate surface area is 127 Å². The topological polar surface area (TPSA) is 48.0 Å². The summed E-state index contributed by atoms with van der Waals surface area (Å²) in [6.07, 6.45) is 0. The molecule has 0 unspecified atom stereocenters. The van der Waals surface area contributed by atoms with Crippen molar-refractivity contribution in [3.63, 3.8) is 0 Å². The van der Waals surface area contributed by atoms with Crippen molar-refractivity contribution in [3.8, 4) is 0 Å². The molecule has 3 rings (SSSR count). The molecular formula is C16H15ClN2O2. The van der Waals surface area contributed by atoms with Crippen LogP contribution in [0, 0.1) is 13.8 Å². The minimum atomic E-state index is -0.142. The third-order valence-electron chi connectivity index (χ3n) is 3.61. The highest BCUT2D eigenvalue weighted by atomic mass is 35.5. The van der Waals surface area contributed by atoms with Gasteiger partial charge in [0, 0.05) is 22.6 Å². The number of aryl methyl sites for hydroxylation is 2. The third kappa shape index (κ3) is 2.25. The van der Waals surface area contributed by atoms with E-state index in [1.54, 1.807) is 24.3 Å². The van der Waals surface area contributed by atoms with E-state index in [4.69, 9.17) is 16.0 Å². The summed E-state index contributed by atoms with van der Waals surface area (Å²) in [4.78, 5) is 12.7. The van der Waals surface area contributed by atoms with E-state index in [0.29, 0.717) is 21.9 Å². The smallest absolute Gasteiger partial charge is 0.231 e. The number of fused-ring (bicyclic) bond motifs is 1. The van der Waals surface area contributed by atoms with Crippen LogP contribution >= 0.6 is 11.6 Å². The standard InChI is InChI=1S/C16H15ClN2O2/c1-4-19-10(3)15(9(2)18-19)16(20)14-8-11-7-12(17)5-6-13(11)21-14/h5-8H,4H2,1-3H3. The number of rotatable bonds is 3. The summed E-state index contributed by atoms with van der Waals surface area (Å²) >= 11 is 5.96. The van der Waals surface area contributed by atoms with Crippen LogP contribution in [0.2, 0.25) is 5.02 Å². The second kappa shape index (κ2) is 5.04. The van der Waals surface area contributed by atoms with Crippen LogP contribution in [0.5, 0.6) is 0 Å². The Bertz CT molecular complexity index is 845. The van der Waals surface area contributed by atoms with Crippen LogP contribution in [0.15, 0.2) is 28.7 Å². The lowest BCUT2D eigenvalue weighted by atomic mass is 10.1. The predicted octanol–water partition coefficient (Wildman–Crippen LogP) is 4.15. The second-order valence-electron chi connectivity index (χ2n) is 4.98. The molecule has 0 aliphatic carbocycles. The van der Waals surface area contributed by atoms with Gasteiger partial charge in [-0.15, -0.1) is 0 Å². The fourth-order valence-corrected chi connectivity index (χ4v) is 2.76. The van der Waals surface area contributed by atoms with E-state index < -0.39 is 0 Å². The van der Waals surface area contributed by atoms with Gasteiger partial charge >= 0.3 is 0 Å². The van der Waals surface area contributed by atoms with Gasteiger partial charge in [0.05, 0.1) is 11.3 Å². The van der Waals surface area contributed by atoms with Crippen molar-refractivity contribution in [2.24, 2.45) is 0 Å². The zero-order valence-corrected chi connectivity index (χ0v) is 12.9. The maximum Gasteiger partial charge on any atom is 0.231 e. The molecule has 0 amide bonds. The molecule has 2 heterocycles. The van der Waals surface area contributed by atoms with Crippen molar-refractivity contribution in [1.29, 1.82) is 0 Å². The minimum Gasteiger partial charge on any atom is -0.453 e. The average Bonchev–Trinajstić information content (AvgIpc) is 2.98. The van der Waals surface area contributed by atoms with Gasteiger partial charge in [0.25, 0.3) is 0 Å². The highest BCUT2D eigenvalue weighted by Crippen LogP contribution is 2.26. The summed E-state index contributed by atoms with van der Waals surface area (Å²) in [6.45, 7) is 6.47. The second-order valence-corrected chi connectivity index (χ2v) is 5.42. The van der Waals surface area contributed by atoms with Gasteiger partial charge in [-0.25, -0.2) is 0 Å². The maximum absolute atomic E-state index is 12.7. The summed E-state index contributed by atoms with van der Waals surface area (Å²) in [5.41, 5.74) is 2.85. The molecule has 0 radical (unpaired) electrons. The van der Waals surface area contributed by atoms with E-state index in [1.807, 2.05) is 25.5 Å². The van der Waals surface area contributed by atoms with Gasteiger partial charge in [-0.1, -0.05) is 11.6 Å². The van der Waals surface area contributed by atoms with Crippen LogP contribution in [-0.2, 0) is 6.54 Å². The van der Waals surface area contributed by atoms with Crippen LogP contribution in [0.3, 0.4) is 0 Å². The number of halogens is 1. The number of carbonyl (C=O) groups excluding carboxylic acids is 1. The van der Waals surface area contributed by atoms with E-state index in [1.165, 1.54) is 0 Å². The normalized spacial score (nSPS) is 11.2. The van der Waals surface area contributed by atoms with Crippen LogP contribution in [0.1, 0.15) is 34.4 Å². The summed E-state index contributed by atoms with van der Waals surface area (Å²) in [6, 6.07) is 7.02. The fourth-order valence-electron chi connectivity index (χ4n) is 2.58. The molecular weight excluding hydrogens is 288 g/mol. The number of nitrogens with zero attached hydrogens (tertiary/aromatic N) is 2. The SMILES string of the molecule is CCn1nc(C)c(C(=O)c2cc3cc(Cl)ccc3o2)c1C. The molecule has 21 heavy (non-hydrogen) atoms. The van der Waals surface area contributed by atoms with Crippen molar-refractivity contribution < 1.29 is 9.21 Å². The van der Waals surface area contributed by atoms with Crippen molar-refractivity contribution in [2.75, 3.05) is 0 Å². The molecule has 0 fully saturated rings. The van der Waals surface area contributed by atoms with Gasteiger partial charge in [0.2, 0.25) is 5.78 Å². The first-order valence-electron chi connectivity index (χ1n) is 6.79. The first kappa shape index (κ1) is 13.9. The molecule has 0 spiro atoms. The molecule has 0 saturated heterocycles. The average molecular weight is 303 g/mol. The lowest BCUT2D eigenvalue weighted by Crippen LogP contribution is -2.04. The highest BCUT2D eigenvalue weighted by Gasteiger charge is 2.22. The molecule has 0 N–H and O–H groups in total. The first-order chi connectivity index (χ1) is 10.0. The number of hydrogen-bond acceptors (Lipinski definition) is 3. The van der Waals surface area contributed by atoms with E-state index in [9.17, 15) is 4.79 Å². The molecule has 0 aliphatic rings. The number of hydrogen-bond donors (Lipinski definition) is 0. The van der Waals surface area contributed by atoms with E-state index >= 15 is 0 Å². The van der Waals surface area contributed by atoms with E-state index in [0.717, 1.165) is 23.3 Å². The van der Waals surface area contributed by atoms with Crippen LogP contribution in [-0.4, -0.2) is 15.6 Å². The number of carbonyl (C=O) groups is 1. The number of ketones is 1. The third-order valence-corrected chi connectivity index (χ3v) is 3.85. The molecule has 2 aromatic heterocycles. The van der Waals surface area contributed by atoms with Crippen LogP contribution in [0.25, 0.3) is 11.0 Å². The zero-order chi connectivity index (χ0) is 15.1. The van der Waals surface area contributed by atoms with Crippen molar-refractivity contribution in [1.82, 2.24) is 9.78 Å². The molecule has 0 atom stereocenters. The zero-order valence-electron chi connectivity index (χ0n) is 12.1. The Kier molecular flexibility index (Phi) is 3.33. The van der Waals surface area contributed by atoms with Crippen LogP contribution in [0.4, 0.5) is 0 Å². The molecule has 4 nitrogen and oxygen atoms in total. The number of furan rings is 1. The predicted molar refractivity (Wildman–Crippen MR) is 82.0 cm³/mol. The molecule has 0 aliphatic heterocycles. The van der Waals surface area contributed by atoms with Gasteiger partial charge in [0.1, 0.15) is 5.58 Å². The molecule has 0 bridgehead atoms. The Morgan fingerprint density at radius 3 is 2.76 bits per heavy atom. The maximum atomic E-state index is 12.7. The Balaban J connectivity index is 2.10. The van der Waals surface area contributed by atoms with Gasteiger partial charge < -0.3 is 4.42 Å². The van der Waals surface area contributed by atoms with Gasteiger partial charge in [-0.2, -0.15) is 5.10 Å². The van der Waals surface area contributed by atoms with Gasteiger partial charge in [0.15, 0.2) is 5.76 Å². The van der Waals surface area contributed by atoms with E-state index in [2.05, 4.69) is 5.10 Å². The highest BCUT2D eigenvalue weighted by molar-refractivity contribution is 6.31. The van der Waals surface area contributed by atoms with Crippen molar-refractivity contribution in [3.05, 3.63) is 52.0 Å². The van der Waals surface area contributed by atoms with Gasteiger partial charge in [-0.05, 0) is 45.0 Å². The minimum absolute atomic E-state index is 0.142. The Hall–Kier alpha value is -2.07. The molecule has 5 heteroatoms. The molecule has 3 aromatic rings. The van der Waals surface area contributed by atoms with Crippen LogP contribution < -0.4 is 0 Å². The fraction of sp³-hybridized carbons (Fsp3) is 0.250. The molecule has 108 valence electrons. The quantitative estimate of drug-likeness (QED) is 0.683. The van der Waals surface area contributed by atoms with Crippen molar-refractivity contribution >= 4 is 28.4 Å². The monoisotopic (exact) mass is 302 g/mol. The first-order valence-corrected chi connectivity index (χ1v) is 7.17. The van der Waals surface area contributed by atoms with E-state index in [-0.39, 0.29) is 5.78 Å².